The maximum absolute atomic E-state index is 13.6. The van der Waals surface area contributed by atoms with E-state index in [1.807, 2.05) is 36.4 Å². The van der Waals surface area contributed by atoms with Gasteiger partial charge in [0.1, 0.15) is 0 Å². The van der Waals surface area contributed by atoms with Crippen LogP contribution in [-0.4, -0.2) is 18.4 Å². The van der Waals surface area contributed by atoms with E-state index in [2.05, 4.69) is 24.5 Å². The van der Waals surface area contributed by atoms with Crippen LogP contribution in [0.1, 0.15) is 37.3 Å². The molecule has 2 aromatic rings. The smallest absolute Gasteiger partial charge is 0.236 e. The molecule has 0 aromatic heterocycles. The van der Waals surface area contributed by atoms with E-state index in [9.17, 15) is 9.59 Å². The number of hydrogen-bond acceptors (Lipinski definition) is 2. The molecule has 1 spiro atoms. The first-order valence-electron chi connectivity index (χ1n) is 9.47. The van der Waals surface area contributed by atoms with Crippen LogP contribution in [0.15, 0.2) is 42.5 Å². The molecule has 2 aliphatic rings. The second kappa shape index (κ2) is 7.09. The van der Waals surface area contributed by atoms with Crippen molar-refractivity contribution in [1.82, 2.24) is 5.32 Å². The van der Waals surface area contributed by atoms with Gasteiger partial charge in [0.15, 0.2) is 0 Å². The van der Waals surface area contributed by atoms with Crippen molar-refractivity contribution in [1.29, 1.82) is 0 Å². The second-order valence-electron chi connectivity index (χ2n) is 7.98. The van der Waals surface area contributed by atoms with Gasteiger partial charge in [-0.3, -0.25) is 9.59 Å². The molecule has 28 heavy (non-hydrogen) atoms. The number of amides is 2. The van der Waals surface area contributed by atoms with Crippen LogP contribution in [0.5, 0.6) is 0 Å². The number of anilines is 1. The third kappa shape index (κ3) is 2.90. The van der Waals surface area contributed by atoms with E-state index >= 15 is 0 Å². The second-order valence-corrected chi connectivity index (χ2v) is 8.85. The fourth-order valence-electron chi connectivity index (χ4n) is 4.98. The summed E-state index contributed by atoms with van der Waals surface area (Å²) in [6.45, 7) is 4.51. The van der Waals surface area contributed by atoms with Crippen molar-refractivity contribution in [2.24, 2.45) is 11.8 Å². The molecule has 3 atom stereocenters. The van der Waals surface area contributed by atoms with Gasteiger partial charge in [-0.15, -0.1) is 0 Å². The topological polar surface area (TPSA) is 58.2 Å². The van der Waals surface area contributed by atoms with Crippen molar-refractivity contribution in [3.05, 3.63) is 63.6 Å². The van der Waals surface area contributed by atoms with Crippen molar-refractivity contribution in [2.75, 3.05) is 11.9 Å². The van der Waals surface area contributed by atoms with Crippen molar-refractivity contribution >= 4 is 40.7 Å². The van der Waals surface area contributed by atoms with Gasteiger partial charge in [0.25, 0.3) is 0 Å². The van der Waals surface area contributed by atoms with E-state index in [0.717, 1.165) is 16.8 Å². The van der Waals surface area contributed by atoms with Crippen LogP contribution in [0.25, 0.3) is 0 Å². The van der Waals surface area contributed by atoms with Crippen LogP contribution >= 0.6 is 23.2 Å². The monoisotopic (exact) mass is 416 g/mol. The summed E-state index contributed by atoms with van der Waals surface area (Å²) in [6, 6.07) is 13.1. The molecule has 0 aliphatic carbocycles. The lowest BCUT2D eigenvalue weighted by Gasteiger charge is -2.42. The van der Waals surface area contributed by atoms with Crippen LogP contribution in [0.4, 0.5) is 5.69 Å². The highest BCUT2D eigenvalue weighted by Crippen LogP contribution is 2.55. The lowest BCUT2D eigenvalue weighted by atomic mass is 9.58. The number of benzene rings is 2. The van der Waals surface area contributed by atoms with Gasteiger partial charge in [-0.25, -0.2) is 0 Å². The average Bonchev–Trinajstić information content (AvgIpc) is 2.80. The molecular formula is C22H22Cl2N2O2. The van der Waals surface area contributed by atoms with E-state index in [1.165, 1.54) is 0 Å². The molecule has 2 aromatic carbocycles. The van der Waals surface area contributed by atoms with Gasteiger partial charge >= 0.3 is 0 Å². The number of rotatable bonds is 2. The molecule has 2 heterocycles. The van der Waals surface area contributed by atoms with Gasteiger partial charge < -0.3 is 10.6 Å². The fourth-order valence-corrected chi connectivity index (χ4v) is 5.35. The number of carbonyl (C=O) groups excluding carboxylic acids is 2. The van der Waals surface area contributed by atoms with Crippen molar-refractivity contribution in [3.8, 4) is 0 Å². The Morgan fingerprint density at radius 3 is 2.54 bits per heavy atom. The number of hydrogen-bond donors (Lipinski definition) is 2. The molecule has 4 rings (SSSR count). The van der Waals surface area contributed by atoms with E-state index in [1.54, 1.807) is 6.07 Å². The summed E-state index contributed by atoms with van der Waals surface area (Å²) in [5.74, 6) is -0.394. The molecule has 1 saturated heterocycles. The summed E-state index contributed by atoms with van der Waals surface area (Å²) in [6.07, 6.45) is 0.296. The minimum atomic E-state index is -0.877. The molecule has 6 heteroatoms. The van der Waals surface area contributed by atoms with Crippen LogP contribution < -0.4 is 10.6 Å². The summed E-state index contributed by atoms with van der Waals surface area (Å²) in [5, 5.41) is 7.25. The molecule has 0 radical (unpaired) electrons. The average molecular weight is 417 g/mol. The number of nitrogens with one attached hydrogen (secondary N) is 2. The Labute approximate surface area is 174 Å². The summed E-state index contributed by atoms with van der Waals surface area (Å²) in [5.41, 5.74) is 1.70. The first kappa shape index (κ1) is 19.3. The minimum absolute atomic E-state index is 0.0298. The molecule has 0 bridgehead atoms. The largest absolute Gasteiger partial charge is 0.355 e. The van der Waals surface area contributed by atoms with Crippen LogP contribution in [0, 0.1) is 11.8 Å². The van der Waals surface area contributed by atoms with Gasteiger partial charge in [-0.05, 0) is 47.2 Å². The zero-order chi connectivity index (χ0) is 20.1. The van der Waals surface area contributed by atoms with Gasteiger partial charge in [0.2, 0.25) is 11.8 Å². The summed E-state index contributed by atoms with van der Waals surface area (Å²) in [7, 11) is 0. The Morgan fingerprint density at radius 1 is 1.07 bits per heavy atom. The highest BCUT2D eigenvalue weighted by atomic mass is 35.5. The molecule has 2 unspecified atom stereocenters. The van der Waals surface area contributed by atoms with Crippen LogP contribution in [-0.2, 0) is 15.0 Å². The Balaban J connectivity index is 2.01. The highest BCUT2D eigenvalue weighted by Gasteiger charge is 2.59. The molecular weight excluding hydrogens is 395 g/mol. The fraction of sp³-hybridized carbons (Fsp3) is 0.364. The first-order chi connectivity index (χ1) is 13.3. The van der Waals surface area contributed by atoms with Crippen molar-refractivity contribution < 1.29 is 9.59 Å². The predicted molar refractivity (Wildman–Crippen MR) is 112 cm³/mol. The molecule has 2 amide bonds. The molecule has 146 valence electrons. The number of halogens is 2. The van der Waals surface area contributed by atoms with E-state index in [-0.39, 0.29) is 29.6 Å². The Kier molecular flexibility index (Phi) is 4.88. The first-order valence-corrected chi connectivity index (χ1v) is 10.2. The Bertz CT molecular complexity index is 959. The summed E-state index contributed by atoms with van der Waals surface area (Å²) >= 11 is 12.5. The normalized spacial score (nSPS) is 26.8. The highest BCUT2D eigenvalue weighted by molar-refractivity contribution is 6.31. The van der Waals surface area contributed by atoms with Gasteiger partial charge in [0, 0.05) is 34.6 Å². The Hall–Kier alpha value is -2.04. The van der Waals surface area contributed by atoms with Gasteiger partial charge in [0.05, 0.1) is 5.41 Å². The van der Waals surface area contributed by atoms with Crippen LogP contribution in [0.3, 0.4) is 0 Å². The zero-order valence-electron chi connectivity index (χ0n) is 15.8. The predicted octanol–water partition coefficient (Wildman–Crippen LogP) is 4.76. The lowest BCUT2D eigenvalue weighted by Crippen LogP contribution is -2.49. The quantitative estimate of drug-likeness (QED) is 0.741. The SMILES string of the molecule is CC(C)[C@H]1CC(=O)NCC(c2cccc(Cl)c2)C12C(=O)Nc1cc(Cl)ccc12. The standard InChI is InChI=1S/C22H22Cl2N2O2/c1-12(2)17-10-20(27)25-11-18(13-4-3-5-14(23)8-13)22(17)16-7-6-15(24)9-19(16)26-21(22)28/h3-9,12,17-18H,10-11H2,1-2H3,(H,25,27)(H,26,28)/t17-,18?,22?/m1/s1. The van der Waals surface area contributed by atoms with Gasteiger partial charge in [-0.2, -0.15) is 0 Å². The number of fused-ring (bicyclic) bond motifs is 2. The molecule has 2 aliphatic heterocycles. The molecule has 4 nitrogen and oxygen atoms in total. The maximum atomic E-state index is 13.6. The minimum Gasteiger partial charge on any atom is -0.355 e. The lowest BCUT2D eigenvalue weighted by molar-refractivity contribution is -0.125. The van der Waals surface area contributed by atoms with E-state index < -0.39 is 5.41 Å². The maximum Gasteiger partial charge on any atom is 0.236 e. The summed E-state index contributed by atoms with van der Waals surface area (Å²) < 4.78 is 0. The third-order valence-electron chi connectivity index (χ3n) is 6.15. The van der Waals surface area contributed by atoms with Crippen LogP contribution in [0.2, 0.25) is 10.0 Å². The van der Waals surface area contributed by atoms with Gasteiger partial charge in [-0.1, -0.05) is 55.2 Å². The van der Waals surface area contributed by atoms with Crippen molar-refractivity contribution in [3.63, 3.8) is 0 Å². The van der Waals surface area contributed by atoms with E-state index in [0.29, 0.717) is 23.0 Å². The molecule has 1 fully saturated rings. The molecule has 2 N–H and O–H groups in total. The number of carbonyl (C=O) groups is 2. The van der Waals surface area contributed by atoms with E-state index in [4.69, 9.17) is 23.2 Å². The third-order valence-corrected chi connectivity index (χ3v) is 6.62. The zero-order valence-corrected chi connectivity index (χ0v) is 17.3. The Morgan fingerprint density at radius 2 is 1.82 bits per heavy atom. The van der Waals surface area contributed by atoms with Crippen molar-refractivity contribution in [2.45, 2.75) is 31.6 Å². The summed E-state index contributed by atoms with van der Waals surface area (Å²) in [4.78, 5) is 26.2. The molecule has 0 saturated carbocycles.